The van der Waals surface area contributed by atoms with E-state index in [4.69, 9.17) is 0 Å². The molecule has 0 radical (unpaired) electrons. The number of thiophene rings is 1. The topological polar surface area (TPSA) is 12.0 Å². The molecule has 2 heteroatoms. The van der Waals surface area contributed by atoms with Crippen LogP contribution in [0.3, 0.4) is 0 Å². The van der Waals surface area contributed by atoms with Crippen LogP contribution in [-0.4, -0.2) is 7.05 Å². The molecule has 62 valence electrons. The van der Waals surface area contributed by atoms with Gasteiger partial charge in [0.25, 0.3) is 0 Å². The van der Waals surface area contributed by atoms with E-state index in [1.807, 2.05) is 18.4 Å². The van der Waals surface area contributed by atoms with Crippen LogP contribution in [0, 0.1) is 13.8 Å². The van der Waals surface area contributed by atoms with Crippen LogP contribution < -0.4 is 5.32 Å². The van der Waals surface area contributed by atoms with E-state index in [-0.39, 0.29) is 0 Å². The molecule has 0 aliphatic rings. The highest BCUT2D eigenvalue weighted by atomic mass is 32.1. The summed E-state index contributed by atoms with van der Waals surface area (Å²) in [6.45, 7) is 6.59. The predicted molar refractivity (Wildman–Crippen MR) is 52.7 cm³/mol. The molecular formula is C9H15NS. The second-order valence-corrected chi connectivity index (χ2v) is 3.92. The Morgan fingerprint density at radius 3 is 2.27 bits per heavy atom. The molecular weight excluding hydrogens is 154 g/mol. The molecule has 1 aromatic heterocycles. The van der Waals surface area contributed by atoms with Gasteiger partial charge in [0.1, 0.15) is 0 Å². The monoisotopic (exact) mass is 169 g/mol. The third-order valence-corrected chi connectivity index (χ3v) is 3.32. The molecule has 0 aliphatic heterocycles. The predicted octanol–water partition coefficient (Wildman–Crippen LogP) is 2.97. The first-order valence-electron chi connectivity index (χ1n) is 3.97. The Bertz CT molecular complexity index is 250. The lowest BCUT2D eigenvalue weighted by Crippen LogP contribution is -1.88. The van der Waals surface area contributed by atoms with E-state index in [9.17, 15) is 0 Å². The Kier molecular flexibility index (Phi) is 2.55. The van der Waals surface area contributed by atoms with Crippen LogP contribution in [-0.2, 0) is 6.42 Å². The first-order chi connectivity index (χ1) is 5.20. The fraction of sp³-hybridized carbons (Fsp3) is 0.556. The maximum absolute atomic E-state index is 3.21. The largest absolute Gasteiger partial charge is 0.380 e. The van der Waals surface area contributed by atoms with Crippen LogP contribution in [0.25, 0.3) is 0 Å². The van der Waals surface area contributed by atoms with Crippen molar-refractivity contribution >= 4 is 16.3 Å². The molecule has 11 heavy (non-hydrogen) atoms. The summed E-state index contributed by atoms with van der Waals surface area (Å²) in [5, 5.41) is 4.53. The highest BCUT2D eigenvalue weighted by Gasteiger charge is 2.07. The molecule has 1 aromatic rings. The number of anilines is 1. The lowest BCUT2D eigenvalue weighted by atomic mass is 10.1. The van der Waals surface area contributed by atoms with Crippen molar-refractivity contribution in [3.8, 4) is 0 Å². The summed E-state index contributed by atoms with van der Waals surface area (Å²) in [6, 6.07) is 0. The SMILES string of the molecule is CCc1c(C)sc(NC)c1C. The molecule has 1 N–H and O–H groups in total. The maximum atomic E-state index is 3.21. The van der Waals surface area contributed by atoms with Gasteiger partial charge in [-0.3, -0.25) is 0 Å². The molecule has 0 saturated heterocycles. The molecule has 1 nitrogen and oxygen atoms in total. The van der Waals surface area contributed by atoms with Crippen LogP contribution in [0.1, 0.15) is 22.9 Å². The number of nitrogens with one attached hydrogen (secondary N) is 1. The van der Waals surface area contributed by atoms with Crippen molar-refractivity contribution in [2.45, 2.75) is 27.2 Å². The van der Waals surface area contributed by atoms with E-state index in [0.29, 0.717) is 0 Å². The minimum atomic E-state index is 1.15. The Morgan fingerprint density at radius 1 is 1.36 bits per heavy atom. The molecule has 0 saturated carbocycles. The summed E-state index contributed by atoms with van der Waals surface area (Å²) < 4.78 is 0. The van der Waals surface area contributed by atoms with Gasteiger partial charge >= 0.3 is 0 Å². The van der Waals surface area contributed by atoms with E-state index >= 15 is 0 Å². The number of aryl methyl sites for hydroxylation is 1. The van der Waals surface area contributed by atoms with Gasteiger partial charge in [0.05, 0.1) is 5.00 Å². The molecule has 1 rings (SSSR count). The van der Waals surface area contributed by atoms with Crippen LogP contribution in [0.2, 0.25) is 0 Å². The number of hydrogen-bond acceptors (Lipinski definition) is 2. The van der Waals surface area contributed by atoms with Crippen molar-refractivity contribution in [3.63, 3.8) is 0 Å². The Labute approximate surface area is 72.4 Å². The highest BCUT2D eigenvalue weighted by molar-refractivity contribution is 7.16. The van der Waals surface area contributed by atoms with Crippen molar-refractivity contribution in [1.82, 2.24) is 0 Å². The second-order valence-electron chi connectivity index (χ2n) is 2.69. The van der Waals surface area contributed by atoms with Gasteiger partial charge in [-0.25, -0.2) is 0 Å². The first kappa shape index (κ1) is 8.60. The van der Waals surface area contributed by atoms with Crippen molar-refractivity contribution in [1.29, 1.82) is 0 Å². The van der Waals surface area contributed by atoms with Crippen molar-refractivity contribution in [3.05, 3.63) is 16.0 Å². The van der Waals surface area contributed by atoms with Crippen molar-refractivity contribution in [2.75, 3.05) is 12.4 Å². The first-order valence-corrected chi connectivity index (χ1v) is 4.79. The molecule has 0 atom stereocenters. The lowest BCUT2D eigenvalue weighted by molar-refractivity contribution is 1.11. The van der Waals surface area contributed by atoms with E-state index < -0.39 is 0 Å². The van der Waals surface area contributed by atoms with E-state index in [1.165, 1.54) is 21.0 Å². The van der Waals surface area contributed by atoms with Crippen molar-refractivity contribution in [2.24, 2.45) is 0 Å². The second kappa shape index (κ2) is 3.26. The van der Waals surface area contributed by atoms with Gasteiger partial charge in [-0.2, -0.15) is 0 Å². The summed E-state index contributed by atoms with van der Waals surface area (Å²) >= 11 is 1.85. The van der Waals surface area contributed by atoms with E-state index in [0.717, 1.165) is 6.42 Å². The van der Waals surface area contributed by atoms with Crippen LogP contribution in [0.15, 0.2) is 0 Å². The molecule has 0 unspecified atom stereocenters. The third kappa shape index (κ3) is 1.41. The normalized spacial score (nSPS) is 10.2. The quantitative estimate of drug-likeness (QED) is 0.717. The molecule has 0 aromatic carbocycles. The standard InChI is InChI=1S/C9H15NS/c1-5-8-6(2)9(10-4)11-7(8)3/h10H,5H2,1-4H3. The van der Waals surface area contributed by atoms with Gasteiger partial charge in [0, 0.05) is 11.9 Å². The van der Waals surface area contributed by atoms with Crippen molar-refractivity contribution < 1.29 is 0 Å². The smallest absolute Gasteiger partial charge is 0.0915 e. The van der Waals surface area contributed by atoms with Gasteiger partial charge in [-0.1, -0.05) is 6.92 Å². The minimum absolute atomic E-state index is 1.15. The van der Waals surface area contributed by atoms with E-state index in [1.54, 1.807) is 0 Å². The fourth-order valence-electron chi connectivity index (χ4n) is 1.44. The molecule has 0 aliphatic carbocycles. The lowest BCUT2D eigenvalue weighted by Gasteiger charge is -1.97. The maximum Gasteiger partial charge on any atom is 0.0915 e. The molecule has 0 spiro atoms. The average molecular weight is 169 g/mol. The average Bonchev–Trinajstić information content (AvgIpc) is 2.26. The van der Waals surface area contributed by atoms with Crippen LogP contribution >= 0.6 is 11.3 Å². The van der Waals surface area contributed by atoms with Gasteiger partial charge in [0.15, 0.2) is 0 Å². The zero-order chi connectivity index (χ0) is 8.43. The van der Waals surface area contributed by atoms with Gasteiger partial charge in [-0.15, -0.1) is 11.3 Å². The summed E-state index contributed by atoms with van der Waals surface area (Å²) in [5.74, 6) is 0. The van der Waals surface area contributed by atoms with Gasteiger partial charge in [0.2, 0.25) is 0 Å². The molecule has 1 heterocycles. The number of rotatable bonds is 2. The van der Waals surface area contributed by atoms with Crippen LogP contribution in [0.5, 0.6) is 0 Å². The summed E-state index contributed by atoms with van der Waals surface area (Å²) in [6.07, 6.45) is 1.15. The molecule has 0 fully saturated rings. The Hall–Kier alpha value is -0.500. The summed E-state index contributed by atoms with van der Waals surface area (Å²) in [5.41, 5.74) is 2.94. The molecule has 0 bridgehead atoms. The van der Waals surface area contributed by atoms with Gasteiger partial charge in [-0.05, 0) is 31.4 Å². The third-order valence-electron chi connectivity index (χ3n) is 2.05. The molecule has 0 amide bonds. The Balaban J connectivity index is 3.14. The minimum Gasteiger partial charge on any atom is -0.380 e. The zero-order valence-electron chi connectivity index (χ0n) is 7.62. The number of hydrogen-bond donors (Lipinski definition) is 1. The summed E-state index contributed by atoms with van der Waals surface area (Å²) in [7, 11) is 1.98. The highest BCUT2D eigenvalue weighted by Crippen LogP contribution is 2.31. The Morgan fingerprint density at radius 2 is 2.00 bits per heavy atom. The summed E-state index contributed by atoms with van der Waals surface area (Å²) in [4.78, 5) is 1.45. The zero-order valence-corrected chi connectivity index (χ0v) is 8.43. The van der Waals surface area contributed by atoms with E-state index in [2.05, 4.69) is 26.1 Å². The van der Waals surface area contributed by atoms with Crippen LogP contribution in [0.4, 0.5) is 5.00 Å². The fourth-order valence-corrected chi connectivity index (χ4v) is 2.55. The van der Waals surface area contributed by atoms with Gasteiger partial charge < -0.3 is 5.32 Å².